The molecule has 0 aromatic heterocycles. The predicted octanol–water partition coefficient (Wildman–Crippen LogP) is 5.18. The molecule has 0 aliphatic rings. The number of ether oxygens (including phenoxy) is 1. The van der Waals surface area contributed by atoms with E-state index in [2.05, 4.69) is 46.3 Å². The van der Waals surface area contributed by atoms with E-state index in [4.69, 9.17) is 4.74 Å². The van der Waals surface area contributed by atoms with Gasteiger partial charge in [-0.25, -0.2) is 0 Å². The number of rotatable bonds is 3. The van der Waals surface area contributed by atoms with E-state index in [1.54, 1.807) is 0 Å². The van der Waals surface area contributed by atoms with Crippen molar-refractivity contribution in [2.24, 2.45) is 0 Å². The minimum atomic E-state index is 0.577. The van der Waals surface area contributed by atoms with Gasteiger partial charge >= 0.3 is 0 Å². The van der Waals surface area contributed by atoms with Crippen molar-refractivity contribution >= 4 is 26.7 Å². The minimum absolute atomic E-state index is 0.577. The Balaban J connectivity index is 1.86. The van der Waals surface area contributed by atoms with Gasteiger partial charge in [0.1, 0.15) is 12.4 Å². The van der Waals surface area contributed by atoms with Crippen LogP contribution in [-0.2, 0) is 6.61 Å². The quantitative estimate of drug-likeness (QED) is 0.647. The molecule has 94 valence electrons. The van der Waals surface area contributed by atoms with Gasteiger partial charge in [0, 0.05) is 9.86 Å². The summed E-state index contributed by atoms with van der Waals surface area (Å²) >= 11 is 3.47. The van der Waals surface area contributed by atoms with Crippen LogP contribution in [-0.4, -0.2) is 0 Å². The molecule has 0 unspecified atom stereocenters. The maximum atomic E-state index is 5.94. The van der Waals surface area contributed by atoms with Gasteiger partial charge in [0.25, 0.3) is 0 Å². The fourth-order valence-electron chi connectivity index (χ4n) is 2.11. The third-order valence-corrected chi connectivity index (χ3v) is 3.53. The second kappa shape index (κ2) is 5.45. The normalized spacial score (nSPS) is 10.6. The van der Waals surface area contributed by atoms with Crippen molar-refractivity contribution < 1.29 is 4.74 Å². The molecule has 3 rings (SSSR count). The topological polar surface area (TPSA) is 9.23 Å². The molecule has 0 spiro atoms. The number of halogens is 1. The van der Waals surface area contributed by atoms with Crippen LogP contribution in [0.5, 0.6) is 5.75 Å². The van der Waals surface area contributed by atoms with Crippen LogP contribution in [0.15, 0.2) is 71.2 Å². The molecule has 0 heterocycles. The maximum Gasteiger partial charge on any atom is 0.127 e. The average Bonchev–Trinajstić information content (AvgIpc) is 2.45. The summed E-state index contributed by atoms with van der Waals surface area (Å²) < 4.78 is 7.01. The molecule has 3 aromatic rings. The van der Waals surface area contributed by atoms with Gasteiger partial charge < -0.3 is 4.74 Å². The van der Waals surface area contributed by atoms with Crippen LogP contribution in [0.1, 0.15) is 5.56 Å². The zero-order valence-corrected chi connectivity index (χ0v) is 11.9. The van der Waals surface area contributed by atoms with Crippen molar-refractivity contribution in [3.05, 3.63) is 76.8 Å². The van der Waals surface area contributed by atoms with Gasteiger partial charge in [-0.15, -0.1) is 0 Å². The Bertz CT molecular complexity index is 701. The van der Waals surface area contributed by atoms with Gasteiger partial charge in [-0.2, -0.15) is 0 Å². The first kappa shape index (κ1) is 12.2. The first-order chi connectivity index (χ1) is 9.33. The van der Waals surface area contributed by atoms with Crippen molar-refractivity contribution in [3.63, 3.8) is 0 Å². The molecule has 0 amide bonds. The van der Waals surface area contributed by atoms with Gasteiger partial charge in [0.05, 0.1) is 0 Å². The molecule has 0 fully saturated rings. The molecule has 0 atom stereocenters. The zero-order valence-electron chi connectivity index (χ0n) is 10.3. The lowest BCUT2D eigenvalue weighted by molar-refractivity contribution is 0.310. The van der Waals surface area contributed by atoms with Crippen molar-refractivity contribution in [2.45, 2.75) is 6.61 Å². The van der Waals surface area contributed by atoms with Gasteiger partial charge in [0.2, 0.25) is 0 Å². The summed E-state index contributed by atoms with van der Waals surface area (Å²) in [5, 5.41) is 2.36. The zero-order chi connectivity index (χ0) is 13.1. The van der Waals surface area contributed by atoms with Crippen molar-refractivity contribution in [3.8, 4) is 5.75 Å². The van der Waals surface area contributed by atoms with Crippen molar-refractivity contribution in [1.29, 1.82) is 0 Å². The summed E-state index contributed by atoms with van der Waals surface area (Å²) in [5.74, 6) is 0.929. The molecule has 0 saturated carbocycles. The van der Waals surface area contributed by atoms with Crippen LogP contribution in [0, 0.1) is 0 Å². The average molecular weight is 313 g/mol. The predicted molar refractivity (Wildman–Crippen MR) is 82.4 cm³/mol. The second-order valence-corrected chi connectivity index (χ2v) is 5.31. The molecule has 3 aromatic carbocycles. The Morgan fingerprint density at radius 2 is 1.63 bits per heavy atom. The third kappa shape index (κ3) is 2.79. The fourth-order valence-corrected chi connectivity index (χ4v) is 2.56. The number of fused-ring (bicyclic) bond motifs is 1. The van der Waals surface area contributed by atoms with Gasteiger partial charge in [-0.05, 0) is 29.1 Å². The fraction of sp³-hybridized carbons (Fsp3) is 0.0588. The van der Waals surface area contributed by atoms with Gasteiger partial charge in [-0.3, -0.25) is 0 Å². The maximum absolute atomic E-state index is 5.94. The molecule has 0 aliphatic carbocycles. The van der Waals surface area contributed by atoms with Crippen molar-refractivity contribution in [1.82, 2.24) is 0 Å². The third-order valence-electron chi connectivity index (χ3n) is 3.03. The Kier molecular flexibility index (Phi) is 3.51. The van der Waals surface area contributed by atoms with Crippen LogP contribution < -0.4 is 4.74 Å². The highest BCUT2D eigenvalue weighted by Crippen LogP contribution is 2.26. The molecule has 0 N–H and O–H groups in total. The molecule has 0 radical (unpaired) electrons. The van der Waals surface area contributed by atoms with Crippen molar-refractivity contribution in [2.75, 3.05) is 0 Å². The van der Waals surface area contributed by atoms with E-state index in [9.17, 15) is 0 Å². The molecule has 0 aliphatic heterocycles. The highest BCUT2D eigenvalue weighted by molar-refractivity contribution is 9.10. The lowest BCUT2D eigenvalue weighted by atomic mass is 10.1. The highest BCUT2D eigenvalue weighted by Gasteiger charge is 2.01. The minimum Gasteiger partial charge on any atom is -0.488 e. The molecule has 1 nitrogen and oxygen atoms in total. The van der Waals surface area contributed by atoms with E-state index < -0.39 is 0 Å². The van der Waals surface area contributed by atoms with E-state index in [0.717, 1.165) is 21.2 Å². The summed E-state index contributed by atoms with van der Waals surface area (Å²) in [4.78, 5) is 0. The molecule has 0 saturated heterocycles. The summed E-state index contributed by atoms with van der Waals surface area (Å²) in [6, 6.07) is 22.6. The van der Waals surface area contributed by atoms with Crippen LogP contribution in [0.2, 0.25) is 0 Å². The smallest absolute Gasteiger partial charge is 0.127 e. The Morgan fingerprint density at radius 3 is 2.53 bits per heavy atom. The van der Waals surface area contributed by atoms with Crippen LogP contribution >= 0.6 is 15.9 Å². The largest absolute Gasteiger partial charge is 0.488 e. The van der Waals surface area contributed by atoms with E-state index in [1.165, 1.54) is 5.39 Å². The Labute approximate surface area is 121 Å². The molecule has 0 bridgehead atoms. The summed E-state index contributed by atoms with van der Waals surface area (Å²) in [5.41, 5.74) is 1.15. The number of hydrogen-bond donors (Lipinski definition) is 0. The van der Waals surface area contributed by atoms with E-state index in [1.807, 2.05) is 36.4 Å². The van der Waals surface area contributed by atoms with E-state index >= 15 is 0 Å². The van der Waals surface area contributed by atoms with Crippen LogP contribution in [0.25, 0.3) is 10.8 Å². The number of hydrogen-bond acceptors (Lipinski definition) is 1. The number of benzene rings is 3. The SMILES string of the molecule is Brc1cccc(COc2cccc3ccccc23)c1. The monoisotopic (exact) mass is 312 g/mol. The highest BCUT2D eigenvalue weighted by atomic mass is 79.9. The summed E-state index contributed by atoms with van der Waals surface area (Å²) in [6.45, 7) is 0.577. The lowest BCUT2D eigenvalue weighted by Gasteiger charge is -2.09. The first-order valence-corrected chi connectivity index (χ1v) is 6.97. The summed E-state index contributed by atoms with van der Waals surface area (Å²) in [6.07, 6.45) is 0. The lowest BCUT2D eigenvalue weighted by Crippen LogP contribution is -1.95. The van der Waals surface area contributed by atoms with E-state index in [-0.39, 0.29) is 0 Å². The molecular formula is C17H13BrO. The molecule has 2 heteroatoms. The van der Waals surface area contributed by atoms with Gasteiger partial charge in [0.15, 0.2) is 0 Å². The van der Waals surface area contributed by atoms with Crippen LogP contribution in [0.3, 0.4) is 0 Å². The Hall–Kier alpha value is -1.80. The Morgan fingerprint density at radius 1 is 0.842 bits per heavy atom. The van der Waals surface area contributed by atoms with E-state index in [0.29, 0.717) is 6.61 Å². The standard InChI is InChI=1S/C17H13BrO/c18-15-8-3-5-13(11-15)12-19-17-10-4-7-14-6-1-2-9-16(14)17/h1-11H,12H2. The summed E-state index contributed by atoms with van der Waals surface area (Å²) in [7, 11) is 0. The van der Waals surface area contributed by atoms with Crippen LogP contribution in [0.4, 0.5) is 0 Å². The van der Waals surface area contributed by atoms with Gasteiger partial charge in [-0.1, -0.05) is 64.5 Å². The first-order valence-electron chi connectivity index (χ1n) is 6.18. The molecule has 19 heavy (non-hydrogen) atoms. The second-order valence-electron chi connectivity index (χ2n) is 4.40. The molecular weight excluding hydrogens is 300 g/mol.